The summed E-state index contributed by atoms with van der Waals surface area (Å²) in [5.74, 6) is 2.08. The Labute approximate surface area is 317 Å². The highest BCUT2D eigenvalue weighted by molar-refractivity contribution is 6.32. The van der Waals surface area contributed by atoms with Gasteiger partial charge < -0.3 is 34.6 Å². The maximum atomic E-state index is 10.4. The average Bonchev–Trinajstić information content (AvgIpc) is 3.79. The Morgan fingerprint density at radius 2 is 1.77 bits per heavy atom. The molecule has 0 unspecified atom stereocenters. The number of nitrogens with zero attached hydrogens (tertiary/aromatic N) is 3. The van der Waals surface area contributed by atoms with Crippen LogP contribution in [0.1, 0.15) is 84.4 Å². The number of hydrogen-bond donors (Lipinski definition) is 3. The van der Waals surface area contributed by atoms with Gasteiger partial charge in [0.05, 0.1) is 29.4 Å². The molecule has 2 fully saturated rings. The van der Waals surface area contributed by atoms with Crippen LogP contribution in [0.4, 0.5) is 0 Å². The van der Waals surface area contributed by atoms with E-state index in [9.17, 15) is 15.5 Å². The normalized spacial score (nSPS) is 20.2. The van der Waals surface area contributed by atoms with Gasteiger partial charge in [-0.15, -0.1) is 0 Å². The van der Waals surface area contributed by atoms with Gasteiger partial charge in [-0.3, -0.25) is 4.98 Å². The Balaban J connectivity index is 1.06. The van der Waals surface area contributed by atoms with Crippen molar-refractivity contribution in [1.82, 2.24) is 15.2 Å². The van der Waals surface area contributed by atoms with Crippen molar-refractivity contribution in [2.75, 3.05) is 26.2 Å². The van der Waals surface area contributed by atoms with Gasteiger partial charge in [-0.05, 0) is 104 Å². The van der Waals surface area contributed by atoms with Crippen LogP contribution in [-0.4, -0.2) is 64.6 Å². The number of likely N-dealkylation sites (tertiary alicyclic amines) is 1. The number of nitrogens with one attached hydrogen (secondary N) is 1. The van der Waals surface area contributed by atoms with Crippen molar-refractivity contribution in [2.24, 2.45) is 0 Å². The van der Waals surface area contributed by atoms with Gasteiger partial charge in [-0.2, -0.15) is 5.26 Å². The third-order valence-corrected chi connectivity index (χ3v) is 11.3. The van der Waals surface area contributed by atoms with Crippen LogP contribution >= 0.6 is 11.6 Å². The second-order valence-electron chi connectivity index (χ2n) is 14.6. The van der Waals surface area contributed by atoms with E-state index in [-0.39, 0.29) is 31.0 Å². The molecular formula is C43H49ClN4O5. The van der Waals surface area contributed by atoms with Gasteiger partial charge in [0.2, 0.25) is 0 Å². The minimum atomic E-state index is -0.366. The van der Waals surface area contributed by atoms with Crippen LogP contribution in [0.5, 0.6) is 17.2 Å². The highest BCUT2D eigenvalue weighted by Crippen LogP contribution is 2.44. The van der Waals surface area contributed by atoms with Gasteiger partial charge in [0, 0.05) is 61.8 Å². The monoisotopic (exact) mass is 736 g/mol. The highest BCUT2D eigenvalue weighted by Gasteiger charge is 2.29. The van der Waals surface area contributed by atoms with Crippen molar-refractivity contribution in [3.63, 3.8) is 0 Å². The van der Waals surface area contributed by atoms with Crippen molar-refractivity contribution >= 4 is 11.6 Å². The fourth-order valence-electron chi connectivity index (χ4n) is 7.97. The molecule has 0 amide bonds. The number of pyridine rings is 1. The summed E-state index contributed by atoms with van der Waals surface area (Å²) < 4.78 is 19.4. The number of aromatic nitrogens is 1. The van der Waals surface area contributed by atoms with Gasteiger partial charge >= 0.3 is 0 Å². The number of benzene rings is 3. The van der Waals surface area contributed by atoms with Gasteiger partial charge in [0.1, 0.15) is 36.0 Å². The number of piperidine rings is 1. The molecule has 3 N–H and O–H groups in total. The minimum Gasteiger partial charge on any atom is -0.493 e. The summed E-state index contributed by atoms with van der Waals surface area (Å²) in [6.45, 7) is 6.38. The van der Waals surface area contributed by atoms with Crippen LogP contribution in [0.25, 0.3) is 11.1 Å². The summed E-state index contributed by atoms with van der Waals surface area (Å²) in [6.07, 6.45) is 9.59. The Morgan fingerprint density at radius 3 is 2.58 bits per heavy atom. The lowest BCUT2D eigenvalue weighted by Crippen LogP contribution is -2.36. The molecule has 1 aliphatic heterocycles. The van der Waals surface area contributed by atoms with E-state index in [4.69, 9.17) is 25.8 Å². The van der Waals surface area contributed by atoms with E-state index in [0.29, 0.717) is 35.2 Å². The van der Waals surface area contributed by atoms with E-state index in [1.54, 1.807) is 12.3 Å². The number of fused-ring (bicyclic) bond motifs is 1. The van der Waals surface area contributed by atoms with Gasteiger partial charge in [-0.1, -0.05) is 41.9 Å². The molecule has 10 heteroatoms. The predicted molar refractivity (Wildman–Crippen MR) is 205 cm³/mol. The van der Waals surface area contributed by atoms with Crippen LogP contribution in [0.2, 0.25) is 5.02 Å². The fourth-order valence-corrected chi connectivity index (χ4v) is 8.20. The number of ether oxygens (including phenoxy) is 3. The van der Waals surface area contributed by atoms with E-state index in [0.717, 1.165) is 105 Å². The molecule has 0 radical (unpaired) electrons. The number of nitriles is 1. The average molecular weight is 737 g/mol. The molecule has 1 saturated heterocycles. The molecule has 2 aliphatic carbocycles. The molecule has 1 aromatic heterocycles. The van der Waals surface area contributed by atoms with Crippen LogP contribution in [0.3, 0.4) is 0 Å². The Bertz CT molecular complexity index is 1920. The molecule has 3 aliphatic rings. The highest BCUT2D eigenvalue weighted by atomic mass is 35.5. The molecule has 3 atom stereocenters. The third-order valence-electron chi connectivity index (χ3n) is 11.0. The van der Waals surface area contributed by atoms with E-state index in [1.807, 2.05) is 12.1 Å². The lowest BCUT2D eigenvalue weighted by Gasteiger charge is -2.29. The lowest BCUT2D eigenvalue weighted by molar-refractivity contribution is 0.0800. The maximum Gasteiger partial charge on any atom is 0.142 e. The summed E-state index contributed by atoms with van der Waals surface area (Å²) in [4.78, 5) is 6.59. The van der Waals surface area contributed by atoms with Crippen molar-refractivity contribution in [3.8, 4) is 34.4 Å². The summed E-state index contributed by atoms with van der Waals surface area (Å²) in [7, 11) is 0. The third kappa shape index (κ3) is 8.97. The smallest absolute Gasteiger partial charge is 0.142 e. The fraction of sp³-hybridized carbons (Fsp3) is 0.442. The second kappa shape index (κ2) is 17.3. The first-order chi connectivity index (χ1) is 25.9. The van der Waals surface area contributed by atoms with Gasteiger partial charge in [0.25, 0.3) is 0 Å². The molecule has 0 spiro atoms. The number of hydrogen-bond acceptors (Lipinski definition) is 9. The molecule has 0 bridgehead atoms. The molecule has 4 aromatic rings. The first-order valence-electron chi connectivity index (χ1n) is 19.0. The Morgan fingerprint density at radius 1 is 0.943 bits per heavy atom. The summed E-state index contributed by atoms with van der Waals surface area (Å²) >= 11 is 6.92. The molecule has 2 heterocycles. The van der Waals surface area contributed by atoms with Crippen LogP contribution in [0, 0.1) is 18.3 Å². The zero-order chi connectivity index (χ0) is 36.7. The minimum absolute atomic E-state index is 0.0233. The second-order valence-corrected chi connectivity index (χ2v) is 15.0. The van der Waals surface area contributed by atoms with Crippen molar-refractivity contribution in [1.29, 1.82) is 5.26 Å². The molecule has 9 nitrogen and oxygen atoms in total. The van der Waals surface area contributed by atoms with Crippen molar-refractivity contribution < 1.29 is 24.4 Å². The molecule has 3 aromatic carbocycles. The molecule has 1 saturated carbocycles. The quantitative estimate of drug-likeness (QED) is 0.113. The lowest BCUT2D eigenvalue weighted by atomic mass is 9.93. The van der Waals surface area contributed by atoms with Crippen LogP contribution in [-0.2, 0) is 19.6 Å². The van der Waals surface area contributed by atoms with Crippen molar-refractivity contribution in [3.05, 3.63) is 105 Å². The molecule has 53 heavy (non-hydrogen) atoms. The van der Waals surface area contributed by atoms with E-state index >= 15 is 0 Å². The molecule has 278 valence electrons. The zero-order valence-corrected chi connectivity index (χ0v) is 31.2. The number of halogens is 1. The standard InChI is InChI=1S/C43H49ClN4O5/c1-28-33(6-3-11-40(28)51-19-5-16-48-17-14-32(49)15-18-48)34-7-2-8-36-35(34)12-13-41(36)53-43-22-42(52-27-30-20-29(23-45)24-46-25-30)31(21-37(43)44)26-47-38-9-4-10-39(38)50/h2-3,6-8,11,20-22,24-25,32,38-39,41,47,49-50H,4-5,9-10,12-19,26-27H2,1H3/t38-,39-,41+/m1/s1. The Kier molecular flexibility index (Phi) is 12.1. The maximum absolute atomic E-state index is 10.4. The summed E-state index contributed by atoms with van der Waals surface area (Å²) in [6, 6.07) is 20.4. The topological polar surface area (TPSA) is 120 Å². The summed E-state index contributed by atoms with van der Waals surface area (Å²) in [5.41, 5.74) is 8.04. The Hall–Kier alpha value is -4.17. The van der Waals surface area contributed by atoms with Crippen LogP contribution in [0.15, 0.2) is 67.0 Å². The van der Waals surface area contributed by atoms with Crippen molar-refractivity contribution in [2.45, 2.75) is 95.8 Å². The largest absolute Gasteiger partial charge is 0.493 e. The SMILES string of the molecule is Cc1c(OCCCN2CCC(O)CC2)cccc1-c1cccc2c1CC[C@@H]2Oc1cc(OCc2cncc(C#N)c2)c(CN[C@@H]2CCC[C@H]2O)cc1Cl. The van der Waals surface area contributed by atoms with Crippen LogP contribution < -0.4 is 19.5 Å². The number of rotatable bonds is 14. The first kappa shape index (κ1) is 37.2. The summed E-state index contributed by atoms with van der Waals surface area (Å²) in [5, 5.41) is 33.5. The number of aliphatic hydroxyl groups is 2. The molecule has 7 rings (SSSR count). The van der Waals surface area contributed by atoms with Gasteiger partial charge in [-0.25, -0.2) is 0 Å². The molecular weight excluding hydrogens is 688 g/mol. The predicted octanol–water partition coefficient (Wildman–Crippen LogP) is 7.46. The van der Waals surface area contributed by atoms with E-state index in [1.165, 1.54) is 17.3 Å². The van der Waals surface area contributed by atoms with E-state index < -0.39 is 0 Å². The van der Waals surface area contributed by atoms with E-state index in [2.05, 4.69) is 64.6 Å². The van der Waals surface area contributed by atoms with Gasteiger partial charge in [0.15, 0.2) is 0 Å². The zero-order valence-electron chi connectivity index (χ0n) is 30.4. The first-order valence-corrected chi connectivity index (χ1v) is 19.4. The number of aliphatic hydroxyl groups excluding tert-OH is 2.